The molecule has 3 amide bonds. The van der Waals surface area contributed by atoms with Gasteiger partial charge in [-0.1, -0.05) is 30.3 Å². The first-order valence-electron chi connectivity index (χ1n) is 8.43. The van der Waals surface area contributed by atoms with E-state index in [1.54, 1.807) is 19.0 Å². The maximum absolute atomic E-state index is 12.7. The smallest absolute Gasteiger partial charge is 0.410 e. The molecule has 0 saturated carbocycles. The Morgan fingerprint density at radius 1 is 1.16 bits per heavy atom. The van der Waals surface area contributed by atoms with Gasteiger partial charge in [0.25, 0.3) is 5.91 Å². The van der Waals surface area contributed by atoms with Crippen molar-refractivity contribution in [1.82, 2.24) is 14.9 Å². The summed E-state index contributed by atoms with van der Waals surface area (Å²) >= 11 is 0. The van der Waals surface area contributed by atoms with Gasteiger partial charge in [0.05, 0.1) is 5.41 Å². The third-order valence-electron chi connectivity index (χ3n) is 4.96. The van der Waals surface area contributed by atoms with E-state index in [9.17, 15) is 14.4 Å². The molecular formula is C18H23N3O4. The van der Waals surface area contributed by atoms with Gasteiger partial charge in [-0.25, -0.2) is 14.8 Å². The molecule has 2 aliphatic heterocycles. The predicted molar refractivity (Wildman–Crippen MR) is 90.0 cm³/mol. The largest absolute Gasteiger partial charge is 0.445 e. The van der Waals surface area contributed by atoms with Crippen molar-refractivity contribution in [1.29, 1.82) is 0 Å². The molecule has 2 aliphatic rings. The molecule has 134 valence electrons. The van der Waals surface area contributed by atoms with Gasteiger partial charge < -0.3 is 9.64 Å². The van der Waals surface area contributed by atoms with E-state index in [4.69, 9.17) is 4.74 Å². The van der Waals surface area contributed by atoms with Crippen LogP contribution in [0.1, 0.15) is 24.8 Å². The number of rotatable bonds is 3. The van der Waals surface area contributed by atoms with Crippen molar-refractivity contribution < 1.29 is 19.1 Å². The fraction of sp³-hybridized carbons (Fsp3) is 0.500. The van der Waals surface area contributed by atoms with Crippen molar-refractivity contribution in [2.45, 2.75) is 25.9 Å². The summed E-state index contributed by atoms with van der Waals surface area (Å²) in [6.45, 7) is 1.08. The minimum atomic E-state index is -0.669. The SMILES string of the molecule is CN(C)N1C(=O)CC2(CCN(C(=O)OCc3ccccc3)CC2)C1=O. The number of benzene rings is 1. The van der Waals surface area contributed by atoms with Gasteiger partial charge in [0.1, 0.15) is 6.61 Å². The lowest BCUT2D eigenvalue weighted by molar-refractivity contribution is -0.156. The van der Waals surface area contributed by atoms with E-state index in [0.29, 0.717) is 25.9 Å². The van der Waals surface area contributed by atoms with Gasteiger partial charge in [-0.3, -0.25) is 9.59 Å². The number of hydrogen-bond donors (Lipinski definition) is 0. The van der Waals surface area contributed by atoms with E-state index >= 15 is 0 Å². The van der Waals surface area contributed by atoms with Gasteiger partial charge in [0, 0.05) is 33.6 Å². The average molecular weight is 345 g/mol. The number of imide groups is 1. The summed E-state index contributed by atoms with van der Waals surface area (Å²) < 4.78 is 5.34. The summed E-state index contributed by atoms with van der Waals surface area (Å²) in [6, 6.07) is 9.50. The Kier molecular flexibility index (Phi) is 4.76. The second-order valence-corrected chi connectivity index (χ2v) is 6.84. The minimum absolute atomic E-state index is 0.153. The molecule has 1 spiro atoms. The number of amides is 3. The van der Waals surface area contributed by atoms with Crippen molar-refractivity contribution in [3.8, 4) is 0 Å². The molecule has 0 atom stereocenters. The van der Waals surface area contributed by atoms with Gasteiger partial charge in [-0.05, 0) is 18.4 Å². The zero-order valence-corrected chi connectivity index (χ0v) is 14.6. The number of carbonyl (C=O) groups is 3. The molecule has 7 nitrogen and oxygen atoms in total. The van der Waals surface area contributed by atoms with E-state index in [1.165, 1.54) is 10.0 Å². The molecule has 2 fully saturated rings. The van der Waals surface area contributed by atoms with Crippen LogP contribution in [0.3, 0.4) is 0 Å². The number of hydrazine groups is 1. The number of ether oxygens (including phenoxy) is 1. The van der Waals surface area contributed by atoms with Gasteiger partial charge in [0.2, 0.25) is 5.91 Å². The molecule has 3 rings (SSSR count). The van der Waals surface area contributed by atoms with Crippen LogP contribution in [0.15, 0.2) is 30.3 Å². The quantitative estimate of drug-likeness (QED) is 0.779. The van der Waals surface area contributed by atoms with Crippen LogP contribution < -0.4 is 0 Å². The van der Waals surface area contributed by atoms with E-state index in [-0.39, 0.29) is 30.9 Å². The Morgan fingerprint density at radius 2 is 1.80 bits per heavy atom. The number of carbonyl (C=O) groups excluding carboxylic acids is 3. The monoisotopic (exact) mass is 345 g/mol. The molecule has 1 aromatic rings. The van der Waals surface area contributed by atoms with Gasteiger partial charge in [0.15, 0.2) is 0 Å². The fourth-order valence-corrected chi connectivity index (χ4v) is 3.50. The molecule has 0 bridgehead atoms. The van der Waals surface area contributed by atoms with Crippen LogP contribution in [0.5, 0.6) is 0 Å². The lowest BCUT2D eigenvalue weighted by Crippen LogP contribution is -2.49. The number of nitrogens with zero attached hydrogens (tertiary/aromatic N) is 3. The molecule has 0 N–H and O–H groups in total. The summed E-state index contributed by atoms with van der Waals surface area (Å²) in [4.78, 5) is 38.6. The molecule has 2 heterocycles. The summed E-state index contributed by atoms with van der Waals surface area (Å²) in [5.74, 6) is -0.324. The van der Waals surface area contributed by atoms with Crippen molar-refractivity contribution in [2.24, 2.45) is 5.41 Å². The van der Waals surface area contributed by atoms with E-state index < -0.39 is 5.41 Å². The summed E-state index contributed by atoms with van der Waals surface area (Å²) in [5, 5.41) is 2.74. The molecule has 0 aliphatic carbocycles. The highest BCUT2D eigenvalue weighted by Crippen LogP contribution is 2.42. The Balaban J connectivity index is 1.56. The van der Waals surface area contributed by atoms with Gasteiger partial charge >= 0.3 is 6.09 Å². The lowest BCUT2D eigenvalue weighted by Gasteiger charge is -2.37. The van der Waals surface area contributed by atoms with E-state index in [1.807, 2.05) is 30.3 Å². The summed E-state index contributed by atoms with van der Waals surface area (Å²) in [7, 11) is 3.37. The third-order valence-corrected chi connectivity index (χ3v) is 4.96. The lowest BCUT2D eigenvalue weighted by atomic mass is 9.77. The molecule has 0 unspecified atom stereocenters. The van der Waals surface area contributed by atoms with Crippen LogP contribution in [-0.2, 0) is 20.9 Å². The van der Waals surface area contributed by atoms with Crippen molar-refractivity contribution in [2.75, 3.05) is 27.2 Å². The Hall–Kier alpha value is -2.41. The zero-order chi connectivity index (χ0) is 18.0. The van der Waals surface area contributed by atoms with E-state index in [2.05, 4.69) is 0 Å². The molecule has 2 saturated heterocycles. The Morgan fingerprint density at radius 3 is 2.36 bits per heavy atom. The topological polar surface area (TPSA) is 70.2 Å². The first-order valence-corrected chi connectivity index (χ1v) is 8.43. The zero-order valence-electron chi connectivity index (χ0n) is 14.6. The Bertz CT molecular complexity index is 666. The highest BCUT2D eigenvalue weighted by molar-refractivity contribution is 6.05. The van der Waals surface area contributed by atoms with Crippen LogP contribution in [-0.4, -0.2) is 60.0 Å². The number of piperidine rings is 1. The second-order valence-electron chi connectivity index (χ2n) is 6.84. The van der Waals surface area contributed by atoms with Crippen molar-refractivity contribution >= 4 is 17.9 Å². The minimum Gasteiger partial charge on any atom is -0.445 e. The van der Waals surface area contributed by atoms with Crippen LogP contribution >= 0.6 is 0 Å². The van der Waals surface area contributed by atoms with Gasteiger partial charge in [-0.2, -0.15) is 0 Å². The predicted octanol–water partition coefficient (Wildman–Crippen LogP) is 1.64. The van der Waals surface area contributed by atoms with E-state index in [0.717, 1.165) is 5.56 Å². The molecular weight excluding hydrogens is 322 g/mol. The molecule has 25 heavy (non-hydrogen) atoms. The third kappa shape index (κ3) is 3.37. The number of hydrogen-bond acceptors (Lipinski definition) is 5. The normalized spacial score (nSPS) is 19.8. The molecule has 0 aromatic heterocycles. The molecule has 1 aromatic carbocycles. The van der Waals surface area contributed by atoms with Crippen LogP contribution in [0.4, 0.5) is 4.79 Å². The molecule has 7 heteroatoms. The first kappa shape index (κ1) is 17.4. The fourth-order valence-electron chi connectivity index (χ4n) is 3.50. The van der Waals surface area contributed by atoms with Crippen molar-refractivity contribution in [3.05, 3.63) is 35.9 Å². The summed E-state index contributed by atoms with van der Waals surface area (Å²) in [6.07, 6.45) is 0.821. The maximum Gasteiger partial charge on any atom is 0.410 e. The van der Waals surface area contributed by atoms with Crippen molar-refractivity contribution in [3.63, 3.8) is 0 Å². The second kappa shape index (κ2) is 6.84. The number of likely N-dealkylation sites (tertiary alicyclic amines) is 1. The van der Waals surface area contributed by atoms with Crippen LogP contribution in [0, 0.1) is 5.41 Å². The average Bonchev–Trinajstić information content (AvgIpc) is 2.84. The standard InChI is InChI=1S/C18H23N3O4/c1-19(2)21-15(22)12-18(16(21)23)8-10-20(11-9-18)17(24)25-13-14-6-4-3-5-7-14/h3-7H,8-13H2,1-2H3. The van der Waals surface area contributed by atoms with Crippen LogP contribution in [0.25, 0.3) is 0 Å². The highest BCUT2D eigenvalue weighted by atomic mass is 16.6. The first-order chi connectivity index (χ1) is 11.9. The maximum atomic E-state index is 12.7. The highest BCUT2D eigenvalue weighted by Gasteiger charge is 2.53. The van der Waals surface area contributed by atoms with Crippen LogP contribution in [0.2, 0.25) is 0 Å². The summed E-state index contributed by atoms with van der Waals surface area (Å²) in [5.41, 5.74) is 0.264. The molecule has 0 radical (unpaired) electrons. The Labute approximate surface area is 147 Å². The van der Waals surface area contributed by atoms with Gasteiger partial charge in [-0.15, -0.1) is 0 Å².